The van der Waals surface area contributed by atoms with Gasteiger partial charge in [0, 0.05) is 18.8 Å². The first-order valence-electron chi connectivity index (χ1n) is 2.96. The predicted molar refractivity (Wildman–Crippen MR) is 38.9 cm³/mol. The molecule has 0 aliphatic heterocycles. The van der Waals surface area contributed by atoms with E-state index in [-0.39, 0.29) is 5.88 Å². The van der Waals surface area contributed by atoms with Crippen LogP contribution in [0.1, 0.15) is 11.7 Å². The lowest BCUT2D eigenvalue weighted by atomic mass is 10.2. The molecule has 0 aliphatic rings. The maximum absolute atomic E-state index is 9.16. The quantitative estimate of drug-likeness (QED) is 0.647. The Bertz CT molecular complexity index is 211. The summed E-state index contributed by atoms with van der Waals surface area (Å²) >= 11 is 5.41. The molecule has 0 saturated heterocycles. The lowest BCUT2D eigenvalue weighted by Crippen LogP contribution is -1.96. The third-order valence-electron chi connectivity index (χ3n) is 1.26. The Morgan fingerprint density at radius 3 is 3.00 bits per heavy atom. The van der Waals surface area contributed by atoms with E-state index in [4.69, 9.17) is 16.7 Å². The number of hydrogen-bond donors (Lipinski definition) is 1. The number of aromatic nitrogens is 2. The second-order valence-corrected chi connectivity index (χ2v) is 2.43. The molecule has 1 aromatic rings. The van der Waals surface area contributed by atoms with Gasteiger partial charge < -0.3 is 5.11 Å². The zero-order chi connectivity index (χ0) is 7.56. The molecule has 1 unspecified atom stereocenters. The number of hydrogen-bond acceptors (Lipinski definition) is 2. The number of alkyl halides is 1. The highest BCUT2D eigenvalue weighted by atomic mass is 35.5. The Morgan fingerprint density at radius 1 is 1.90 bits per heavy atom. The third-order valence-corrected chi connectivity index (χ3v) is 1.55. The lowest BCUT2D eigenvalue weighted by Gasteiger charge is -1.99. The fourth-order valence-electron chi connectivity index (χ4n) is 0.701. The average Bonchev–Trinajstić information content (AvgIpc) is 2.34. The van der Waals surface area contributed by atoms with E-state index >= 15 is 0 Å². The molecule has 0 spiro atoms. The molecule has 0 fully saturated rings. The first kappa shape index (κ1) is 7.57. The van der Waals surface area contributed by atoms with Crippen molar-refractivity contribution in [3.8, 4) is 0 Å². The van der Waals surface area contributed by atoms with Crippen LogP contribution in [-0.2, 0) is 7.05 Å². The summed E-state index contributed by atoms with van der Waals surface area (Å²) in [6.07, 6.45) is 2.76. The average molecular weight is 161 g/mol. The maximum Gasteiger partial charge on any atom is 0.0955 e. The maximum atomic E-state index is 9.16. The van der Waals surface area contributed by atoms with Crippen LogP contribution in [0.4, 0.5) is 0 Å². The van der Waals surface area contributed by atoms with E-state index in [9.17, 15) is 0 Å². The second-order valence-electron chi connectivity index (χ2n) is 2.12. The van der Waals surface area contributed by atoms with Gasteiger partial charge in [-0.3, -0.25) is 4.68 Å². The van der Waals surface area contributed by atoms with Crippen molar-refractivity contribution in [2.75, 3.05) is 5.88 Å². The van der Waals surface area contributed by atoms with E-state index in [1.165, 1.54) is 0 Å². The predicted octanol–water partition coefficient (Wildman–Crippen LogP) is 0.692. The molecule has 1 heterocycles. The Hall–Kier alpha value is -0.540. The van der Waals surface area contributed by atoms with Crippen molar-refractivity contribution in [3.05, 3.63) is 18.0 Å². The van der Waals surface area contributed by atoms with Gasteiger partial charge in [-0.1, -0.05) is 0 Å². The van der Waals surface area contributed by atoms with Crippen molar-refractivity contribution in [1.82, 2.24) is 9.78 Å². The monoisotopic (exact) mass is 160 g/mol. The molecule has 10 heavy (non-hydrogen) atoms. The van der Waals surface area contributed by atoms with Crippen molar-refractivity contribution in [2.45, 2.75) is 6.10 Å². The van der Waals surface area contributed by atoms with Gasteiger partial charge in [0.2, 0.25) is 0 Å². The van der Waals surface area contributed by atoms with E-state index in [0.717, 1.165) is 5.56 Å². The smallest absolute Gasteiger partial charge is 0.0955 e. The standard InChI is InChI=1S/C6H9ClN2O/c1-9-4-5(3-8-9)6(10)2-7/h3-4,6,10H,2H2,1H3. The van der Waals surface area contributed by atoms with Gasteiger partial charge in [0.15, 0.2) is 0 Å². The van der Waals surface area contributed by atoms with Crippen LogP contribution >= 0.6 is 11.6 Å². The van der Waals surface area contributed by atoms with Crippen LogP contribution in [0.15, 0.2) is 12.4 Å². The molecule has 1 N–H and O–H groups in total. The summed E-state index contributed by atoms with van der Waals surface area (Å²) in [5.74, 6) is 0.214. The van der Waals surface area contributed by atoms with Crippen LogP contribution in [0.3, 0.4) is 0 Å². The van der Waals surface area contributed by atoms with Crippen molar-refractivity contribution in [1.29, 1.82) is 0 Å². The van der Waals surface area contributed by atoms with Gasteiger partial charge in [-0.15, -0.1) is 11.6 Å². The molecule has 1 aromatic heterocycles. The summed E-state index contributed by atoms with van der Waals surface area (Å²) in [6.45, 7) is 0. The highest BCUT2D eigenvalue weighted by Gasteiger charge is 2.06. The van der Waals surface area contributed by atoms with Gasteiger partial charge >= 0.3 is 0 Å². The fourth-order valence-corrected chi connectivity index (χ4v) is 0.879. The van der Waals surface area contributed by atoms with Gasteiger partial charge in [-0.25, -0.2) is 0 Å². The highest BCUT2D eigenvalue weighted by molar-refractivity contribution is 6.18. The van der Waals surface area contributed by atoms with E-state index in [0.29, 0.717) is 0 Å². The van der Waals surface area contributed by atoms with Gasteiger partial charge in [0.25, 0.3) is 0 Å². The highest BCUT2D eigenvalue weighted by Crippen LogP contribution is 2.11. The molecule has 0 aliphatic carbocycles. The van der Waals surface area contributed by atoms with Crippen LogP contribution in [0.25, 0.3) is 0 Å². The minimum Gasteiger partial charge on any atom is -0.387 e. The van der Waals surface area contributed by atoms with E-state index in [2.05, 4.69) is 5.10 Å². The summed E-state index contributed by atoms with van der Waals surface area (Å²) in [7, 11) is 1.80. The van der Waals surface area contributed by atoms with Gasteiger partial charge in [-0.2, -0.15) is 5.10 Å². The SMILES string of the molecule is Cn1cc(C(O)CCl)cn1. The minimum atomic E-state index is -0.588. The van der Waals surface area contributed by atoms with Crippen molar-refractivity contribution in [2.24, 2.45) is 7.05 Å². The number of nitrogens with zero attached hydrogens (tertiary/aromatic N) is 2. The summed E-state index contributed by atoms with van der Waals surface area (Å²) in [4.78, 5) is 0. The Balaban J connectivity index is 2.74. The Kier molecular flexibility index (Phi) is 2.29. The van der Waals surface area contributed by atoms with Gasteiger partial charge in [0.1, 0.15) is 0 Å². The summed E-state index contributed by atoms with van der Waals surface area (Å²) in [5.41, 5.74) is 0.762. The Labute approximate surface area is 64.2 Å². The molecule has 0 saturated carbocycles. The number of halogens is 1. The molecule has 0 radical (unpaired) electrons. The number of aliphatic hydroxyl groups excluding tert-OH is 1. The van der Waals surface area contributed by atoms with Crippen molar-refractivity contribution in [3.63, 3.8) is 0 Å². The van der Waals surface area contributed by atoms with Crippen molar-refractivity contribution < 1.29 is 5.11 Å². The van der Waals surface area contributed by atoms with E-state index in [1.807, 2.05) is 0 Å². The molecule has 0 bridgehead atoms. The van der Waals surface area contributed by atoms with E-state index < -0.39 is 6.10 Å². The van der Waals surface area contributed by atoms with Crippen LogP contribution in [0.5, 0.6) is 0 Å². The molecule has 3 nitrogen and oxygen atoms in total. The zero-order valence-corrected chi connectivity index (χ0v) is 6.41. The molecule has 1 rings (SSSR count). The van der Waals surface area contributed by atoms with Crippen LogP contribution in [0.2, 0.25) is 0 Å². The molecular formula is C6H9ClN2O. The molecule has 4 heteroatoms. The van der Waals surface area contributed by atoms with E-state index in [1.54, 1.807) is 24.1 Å². The lowest BCUT2D eigenvalue weighted by molar-refractivity contribution is 0.202. The Morgan fingerprint density at radius 2 is 2.60 bits per heavy atom. The number of aryl methyl sites for hydroxylation is 1. The summed E-state index contributed by atoms with van der Waals surface area (Å²) in [5, 5.41) is 13.0. The molecule has 1 atom stereocenters. The summed E-state index contributed by atoms with van der Waals surface area (Å²) in [6, 6.07) is 0. The number of rotatable bonds is 2. The fraction of sp³-hybridized carbons (Fsp3) is 0.500. The summed E-state index contributed by atoms with van der Waals surface area (Å²) < 4.78 is 1.63. The first-order chi connectivity index (χ1) is 4.74. The normalized spacial score (nSPS) is 13.5. The van der Waals surface area contributed by atoms with Crippen LogP contribution in [-0.4, -0.2) is 20.8 Å². The van der Waals surface area contributed by atoms with Gasteiger partial charge in [0.05, 0.1) is 18.2 Å². The number of aliphatic hydroxyl groups is 1. The minimum absolute atomic E-state index is 0.214. The zero-order valence-electron chi connectivity index (χ0n) is 5.66. The largest absolute Gasteiger partial charge is 0.387 e. The van der Waals surface area contributed by atoms with Crippen molar-refractivity contribution >= 4 is 11.6 Å². The second kappa shape index (κ2) is 3.03. The van der Waals surface area contributed by atoms with Crippen LogP contribution < -0.4 is 0 Å². The van der Waals surface area contributed by atoms with Crippen LogP contribution in [0, 0.1) is 0 Å². The molecular weight excluding hydrogens is 152 g/mol. The topological polar surface area (TPSA) is 38.0 Å². The third kappa shape index (κ3) is 1.49. The van der Waals surface area contributed by atoms with Gasteiger partial charge in [-0.05, 0) is 0 Å². The molecule has 0 amide bonds. The first-order valence-corrected chi connectivity index (χ1v) is 3.50. The molecule has 0 aromatic carbocycles. The molecule has 56 valence electrons.